The molecule has 0 saturated heterocycles. The van der Waals surface area contributed by atoms with Gasteiger partial charge in [-0.1, -0.05) is 20.3 Å². The van der Waals surface area contributed by atoms with Gasteiger partial charge >= 0.3 is 0 Å². The standard InChI is InChI=1S/C16H28N4/c1-5-12(3)11-20(6-2)16-18-10-14(13(4)19-16)9-17-15-7-8-15/h10,12,15,17H,5-9,11H2,1-4H3. The van der Waals surface area contributed by atoms with Gasteiger partial charge in [-0.2, -0.15) is 0 Å². The number of aromatic nitrogens is 2. The van der Waals surface area contributed by atoms with Crippen LogP contribution in [0.15, 0.2) is 6.20 Å². The van der Waals surface area contributed by atoms with Gasteiger partial charge in [-0.3, -0.25) is 0 Å². The molecule has 1 atom stereocenters. The molecule has 1 aromatic heterocycles. The van der Waals surface area contributed by atoms with Crippen LogP contribution >= 0.6 is 0 Å². The highest BCUT2D eigenvalue weighted by Crippen LogP contribution is 2.20. The lowest BCUT2D eigenvalue weighted by molar-refractivity contribution is 0.541. The Morgan fingerprint density at radius 1 is 1.40 bits per heavy atom. The summed E-state index contributed by atoms with van der Waals surface area (Å²) in [5.41, 5.74) is 2.32. The van der Waals surface area contributed by atoms with Gasteiger partial charge in [0, 0.05) is 43.1 Å². The first-order chi connectivity index (χ1) is 9.63. The number of hydrogen-bond donors (Lipinski definition) is 1. The zero-order valence-electron chi connectivity index (χ0n) is 13.3. The molecule has 1 saturated carbocycles. The normalized spacial score (nSPS) is 16.2. The molecule has 0 amide bonds. The first kappa shape index (κ1) is 15.2. The Hall–Kier alpha value is -1.16. The predicted molar refractivity (Wildman–Crippen MR) is 84.0 cm³/mol. The topological polar surface area (TPSA) is 41.1 Å². The first-order valence-corrected chi connectivity index (χ1v) is 7.94. The molecule has 0 bridgehead atoms. The number of aryl methyl sites for hydroxylation is 1. The Labute approximate surface area is 123 Å². The molecule has 1 fully saturated rings. The summed E-state index contributed by atoms with van der Waals surface area (Å²) in [6.07, 6.45) is 5.82. The fourth-order valence-corrected chi connectivity index (χ4v) is 2.20. The van der Waals surface area contributed by atoms with E-state index in [0.29, 0.717) is 5.92 Å². The molecule has 20 heavy (non-hydrogen) atoms. The summed E-state index contributed by atoms with van der Waals surface area (Å²) in [5.74, 6) is 1.55. The molecule has 0 aliphatic heterocycles. The van der Waals surface area contributed by atoms with Crippen LogP contribution in [0.4, 0.5) is 5.95 Å². The number of nitrogens with zero attached hydrogens (tertiary/aromatic N) is 3. The van der Waals surface area contributed by atoms with Crippen molar-refractivity contribution in [2.24, 2.45) is 5.92 Å². The van der Waals surface area contributed by atoms with Crippen molar-refractivity contribution >= 4 is 5.95 Å². The van der Waals surface area contributed by atoms with Crippen molar-refractivity contribution in [2.45, 2.75) is 59.5 Å². The molecule has 0 radical (unpaired) electrons. The summed E-state index contributed by atoms with van der Waals surface area (Å²) in [6.45, 7) is 11.7. The second-order valence-electron chi connectivity index (χ2n) is 5.99. The summed E-state index contributed by atoms with van der Waals surface area (Å²) in [4.78, 5) is 11.6. The van der Waals surface area contributed by atoms with Crippen molar-refractivity contribution in [1.29, 1.82) is 0 Å². The van der Waals surface area contributed by atoms with E-state index < -0.39 is 0 Å². The fraction of sp³-hybridized carbons (Fsp3) is 0.750. The van der Waals surface area contributed by atoms with Gasteiger partial charge in [-0.05, 0) is 32.6 Å². The molecule has 1 aliphatic rings. The molecule has 1 unspecified atom stereocenters. The SMILES string of the molecule is CCC(C)CN(CC)c1ncc(CNC2CC2)c(C)n1. The van der Waals surface area contributed by atoms with Crippen molar-refractivity contribution in [1.82, 2.24) is 15.3 Å². The minimum absolute atomic E-state index is 0.676. The van der Waals surface area contributed by atoms with E-state index in [4.69, 9.17) is 4.98 Å². The van der Waals surface area contributed by atoms with E-state index in [1.807, 2.05) is 6.20 Å². The van der Waals surface area contributed by atoms with Gasteiger partial charge in [0.15, 0.2) is 0 Å². The lowest BCUT2D eigenvalue weighted by Gasteiger charge is -2.24. The summed E-state index contributed by atoms with van der Waals surface area (Å²) in [5, 5.41) is 3.52. The third-order valence-electron chi connectivity index (χ3n) is 4.12. The number of anilines is 1. The van der Waals surface area contributed by atoms with Gasteiger partial charge < -0.3 is 10.2 Å². The lowest BCUT2D eigenvalue weighted by atomic mass is 10.1. The van der Waals surface area contributed by atoms with Crippen LogP contribution in [-0.2, 0) is 6.54 Å². The quantitative estimate of drug-likeness (QED) is 0.792. The molecule has 4 nitrogen and oxygen atoms in total. The van der Waals surface area contributed by atoms with E-state index in [-0.39, 0.29) is 0 Å². The molecule has 2 rings (SSSR count). The minimum Gasteiger partial charge on any atom is -0.341 e. The summed E-state index contributed by atoms with van der Waals surface area (Å²) < 4.78 is 0. The van der Waals surface area contributed by atoms with E-state index in [1.54, 1.807) is 0 Å². The van der Waals surface area contributed by atoms with Crippen LogP contribution in [0.3, 0.4) is 0 Å². The number of hydrogen-bond acceptors (Lipinski definition) is 4. The molecule has 0 aromatic carbocycles. The van der Waals surface area contributed by atoms with Gasteiger partial charge in [0.05, 0.1) is 0 Å². The molecule has 4 heteroatoms. The average Bonchev–Trinajstić information content (AvgIpc) is 3.27. The van der Waals surface area contributed by atoms with Crippen molar-refractivity contribution in [2.75, 3.05) is 18.0 Å². The maximum Gasteiger partial charge on any atom is 0.225 e. The molecular weight excluding hydrogens is 248 g/mol. The van der Waals surface area contributed by atoms with Crippen molar-refractivity contribution in [3.8, 4) is 0 Å². The third-order valence-corrected chi connectivity index (χ3v) is 4.12. The Morgan fingerprint density at radius 3 is 2.70 bits per heavy atom. The van der Waals surface area contributed by atoms with Gasteiger partial charge in [-0.15, -0.1) is 0 Å². The molecule has 1 N–H and O–H groups in total. The molecule has 0 spiro atoms. The second kappa shape index (κ2) is 7.02. The van der Waals surface area contributed by atoms with E-state index in [2.05, 4.69) is 42.9 Å². The molecular formula is C16H28N4. The van der Waals surface area contributed by atoms with E-state index >= 15 is 0 Å². The van der Waals surface area contributed by atoms with Crippen LogP contribution in [-0.4, -0.2) is 29.1 Å². The van der Waals surface area contributed by atoms with Gasteiger partial charge in [0.25, 0.3) is 0 Å². The average molecular weight is 276 g/mol. The van der Waals surface area contributed by atoms with Crippen LogP contribution in [0.1, 0.15) is 51.3 Å². The minimum atomic E-state index is 0.676. The molecule has 1 aromatic rings. The van der Waals surface area contributed by atoms with E-state index in [1.165, 1.54) is 24.8 Å². The van der Waals surface area contributed by atoms with Crippen molar-refractivity contribution < 1.29 is 0 Å². The zero-order chi connectivity index (χ0) is 14.5. The molecule has 1 heterocycles. The Bertz CT molecular complexity index is 428. The first-order valence-electron chi connectivity index (χ1n) is 7.94. The Kier molecular flexibility index (Phi) is 5.35. The molecule has 112 valence electrons. The van der Waals surface area contributed by atoms with Crippen LogP contribution in [0.5, 0.6) is 0 Å². The second-order valence-corrected chi connectivity index (χ2v) is 5.99. The third kappa shape index (κ3) is 4.17. The van der Waals surface area contributed by atoms with Crippen LogP contribution in [0, 0.1) is 12.8 Å². The van der Waals surface area contributed by atoms with Crippen LogP contribution < -0.4 is 10.2 Å². The number of rotatable bonds is 8. The van der Waals surface area contributed by atoms with E-state index in [0.717, 1.165) is 37.3 Å². The van der Waals surface area contributed by atoms with Crippen LogP contribution in [0.25, 0.3) is 0 Å². The van der Waals surface area contributed by atoms with Gasteiger partial charge in [0.2, 0.25) is 5.95 Å². The van der Waals surface area contributed by atoms with Crippen molar-refractivity contribution in [3.05, 3.63) is 17.5 Å². The summed E-state index contributed by atoms with van der Waals surface area (Å²) in [6, 6.07) is 0.728. The highest BCUT2D eigenvalue weighted by Gasteiger charge is 2.20. The lowest BCUT2D eigenvalue weighted by Crippen LogP contribution is -2.30. The number of nitrogens with one attached hydrogen (secondary N) is 1. The predicted octanol–water partition coefficient (Wildman–Crippen LogP) is 2.91. The summed E-state index contributed by atoms with van der Waals surface area (Å²) in [7, 11) is 0. The van der Waals surface area contributed by atoms with Gasteiger partial charge in [-0.25, -0.2) is 9.97 Å². The monoisotopic (exact) mass is 276 g/mol. The van der Waals surface area contributed by atoms with E-state index in [9.17, 15) is 0 Å². The molecule has 1 aliphatic carbocycles. The van der Waals surface area contributed by atoms with Crippen LogP contribution in [0.2, 0.25) is 0 Å². The summed E-state index contributed by atoms with van der Waals surface area (Å²) >= 11 is 0. The smallest absolute Gasteiger partial charge is 0.225 e. The maximum atomic E-state index is 4.70. The van der Waals surface area contributed by atoms with Crippen molar-refractivity contribution in [3.63, 3.8) is 0 Å². The largest absolute Gasteiger partial charge is 0.341 e. The maximum absolute atomic E-state index is 4.70. The zero-order valence-corrected chi connectivity index (χ0v) is 13.3. The van der Waals surface area contributed by atoms with Gasteiger partial charge in [0.1, 0.15) is 0 Å². The highest BCUT2D eigenvalue weighted by atomic mass is 15.2. The Balaban J connectivity index is 2.01. The fourth-order valence-electron chi connectivity index (χ4n) is 2.20. The highest BCUT2D eigenvalue weighted by molar-refractivity contribution is 5.32. The Morgan fingerprint density at radius 2 is 2.15 bits per heavy atom.